The van der Waals surface area contributed by atoms with Gasteiger partial charge in [0.2, 0.25) is 0 Å². The molecule has 3 rings (SSSR count). The van der Waals surface area contributed by atoms with Crippen LogP contribution in [0.1, 0.15) is 11.1 Å². The number of aliphatic carboxylic acids is 1. The molecule has 1 heterocycles. The average molecular weight is 325 g/mol. The van der Waals surface area contributed by atoms with Crippen LogP contribution in [0.15, 0.2) is 42.5 Å². The predicted octanol–water partition coefficient (Wildman–Crippen LogP) is 3.15. The van der Waals surface area contributed by atoms with Gasteiger partial charge in [0, 0.05) is 19.8 Å². The molecule has 1 N–H and O–H groups in total. The lowest BCUT2D eigenvalue weighted by Crippen LogP contribution is -2.15. The Hall–Kier alpha value is -2.95. The van der Waals surface area contributed by atoms with Crippen LogP contribution < -0.4 is 14.4 Å². The van der Waals surface area contributed by atoms with Gasteiger partial charge >= 0.3 is 5.97 Å². The molecule has 1 aliphatic rings. The van der Waals surface area contributed by atoms with E-state index < -0.39 is 5.97 Å². The number of carboxylic acid groups (broad SMARTS) is 1. The minimum absolute atomic E-state index is 0.213. The van der Waals surface area contributed by atoms with E-state index in [1.54, 1.807) is 24.3 Å². The Morgan fingerprint density at radius 3 is 2.33 bits per heavy atom. The van der Waals surface area contributed by atoms with Crippen molar-refractivity contribution < 1.29 is 19.4 Å². The number of fused-ring (bicyclic) bond motifs is 1. The molecule has 0 unspecified atom stereocenters. The van der Waals surface area contributed by atoms with E-state index in [1.165, 1.54) is 0 Å². The minimum atomic E-state index is -0.983. The smallest absolute Gasteiger partial charge is 0.336 e. The lowest BCUT2D eigenvalue weighted by atomic mass is 10.0. The normalized spacial score (nSPS) is 13.5. The molecule has 0 spiro atoms. The maximum atomic E-state index is 11.7. The monoisotopic (exact) mass is 325 g/mol. The van der Waals surface area contributed by atoms with Crippen LogP contribution in [0.3, 0.4) is 0 Å². The number of carbonyl (C=O) groups is 1. The van der Waals surface area contributed by atoms with Crippen LogP contribution in [0.2, 0.25) is 0 Å². The third kappa shape index (κ3) is 3.35. The van der Waals surface area contributed by atoms with Gasteiger partial charge in [0.15, 0.2) is 11.5 Å². The number of ether oxygens (including phenoxy) is 2. The summed E-state index contributed by atoms with van der Waals surface area (Å²) >= 11 is 0. The van der Waals surface area contributed by atoms with Crippen molar-refractivity contribution >= 4 is 23.3 Å². The van der Waals surface area contributed by atoms with Crippen molar-refractivity contribution in [3.63, 3.8) is 0 Å². The molecular weight excluding hydrogens is 306 g/mol. The van der Waals surface area contributed by atoms with Crippen LogP contribution in [0, 0.1) is 0 Å². The molecule has 0 saturated heterocycles. The summed E-state index contributed by atoms with van der Waals surface area (Å²) in [7, 11) is 3.92. The molecule has 0 amide bonds. The van der Waals surface area contributed by atoms with Crippen molar-refractivity contribution in [1.29, 1.82) is 0 Å². The van der Waals surface area contributed by atoms with Crippen molar-refractivity contribution in [2.24, 2.45) is 0 Å². The summed E-state index contributed by atoms with van der Waals surface area (Å²) in [4.78, 5) is 13.7. The van der Waals surface area contributed by atoms with Crippen molar-refractivity contribution in [2.75, 3.05) is 32.2 Å². The molecule has 5 nitrogen and oxygen atoms in total. The van der Waals surface area contributed by atoms with E-state index in [2.05, 4.69) is 0 Å². The van der Waals surface area contributed by atoms with Gasteiger partial charge in [-0.2, -0.15) is 0 Å². The summed E-state index contributed by atoms with van der Waals surface area (Å²) in [5.74, 6) is 0.238. The Balaban J connectivity index is 1.96. The standard InChI is InChI=1S/C19H19NO4/c1-20(2)15-6-3-13(4-7-15)11-16(19(21)22)14-5-8-17-18(12-14)24-10-9-23-17/h3-8,11-12H,9-10H2,1-2H3,(H,21,22)/b16-11-. The van der Waals surface area contributed by atoms with E-state index in [0.717, 1.165) is 11.3 Å². The summed E-state index contributed by atoms with van der Waals surface area (Å²) in [6, 6.07) is 12.9. The maximum absolute atomic E-state index is 11.7. The first-order valence-corrected chi connectivity index (χ1v) is 7.67. The molecule has 124 valence electrons. The van der Waals surface area contributed by atoms with Crippen molar-refractivity contribution in [3.8, 4) is 11.5 Å². The van der Waals surface area contributed by atoms with E-state index >= 15 is 0 Å². The second kappa shape index (κ2) is 6.66. The highest BCUT2D eigenvalue weighted by atomic mass is 16.6. The topological polar surface area (TPSA) is 59.0 Å². The predicted molar refractivity (Wildman–Crippen MR) is 93.7 cm³/mol. The fraction of sp³-hybridized carbons (Fsp3) is 0.211. The molecule has 0 aromatic heterocycles. The molecular formula is C19H19NO4. The third-order valence-electron chi connectivity index (χ3n) is 3.80. The summed E-state index contributed by atoms with van der Waals surface area (Å²) in [5, 5.41) is 9.59. The molecule has 0 saturated carbocycles. The summed E-state index contributed by atoms with van der Waals surface area (Å²) < 4.78 is 11.0. The Bertz CT molecular complexity index is 778. The summed E-state index contributed by atoms with van der Waals surface area (Å²) in [6.45, 7) is 0.973. The molecule has 0 bridgehead atoms. The first-order chi connectivity index (χ1) is 11.5. The second-order valence-electron chi connectivity index (χ2n) is 5.71. The zero-order valence-electron chi connectivity index (χ0n) is 13.7. The van der Waals surface area contributed by atoms with Gasteiger partial charge in [-0.15, -0.1) is 0 Å². The highest BCUT2D eigenvalue weighted by Crippen LogP contribution is 2.33. The van der Waals surface area contributed by atoms with Gasteiger partial charge < -0.3 is 19.5 Å². The highest BCUT2D eigenvalue weighted by molar-refractivity contribution is 6.20. The third-order valence-corrected chi connectivity index (χ3v) is 3.80. The van der Waals surface area contributed by atoms with Gasteiger partial charge in [-0.25, -0.2) is 4.79 Å². The fourth-order valence-corrected chi connectivity index (χ4v) is 2.51. The molecule has 0 radical (unpaired) electrons. The Morgan fingerprint density at radius 2 is 1.71 bits per heavy atom. The minimum Gasteiger partial charge on any atom is -0.486 e. The van der Waals surface area contributed by atoms with E-state index in [1.807, 2.05) is 43.3 Å². The number of nitrogens with zero attached hydrogens (tertiary/aromatic N) is 1. The number of hydrogen-bond donors (Lipinski definition) is 1. The van der Waals surface area contributed by atoms with Crippen LogP contribution in [0.5, 0.6) is 11.5 Å². The molecule has 0 atom stereocenters. The molecule has 24 heavy (non-hydrogen) atoms. The number of anilines is 1. The van der Waals surface area contributed by atoms with E-state index in [-0.39, 0.29) is 5.57 Å². The fourth-order valence-electron chi connectivity index (χ4n) is 2.51. The lowest BCUT2D eigenvalue weighted by molar-refractivity contribution is -0.130. The highest BCUT2D eigenvalue weighted by Gasteiger charge is 2.16. The van der Waals surface area contributed by atoms with Crippen LogP contribution in [-0.2, 0) is 4.79 Å². The first kappa shape index (κ1) is 15.9. The van der Waals surface area contributed by atoms with Gasteiger partial charge in [0.1, 0.15) is 13.2 Å². The van der Waals surface area contributed by atoms with Gasteiger partial charge in [-0.3, -0.25) is 0 Å². The SMILES string of the molecule is CN(C)c1ccc(/C=C(\C(=O)O)c2ccc3c(c2)OCCO3)cc1. The Morgan fingerprint density at radius 1 is 1.04 bits per heavy atom. The molecule has 0 aliphatic carbocycles. The van der Waals surface area contributed by atoms with Crippen LogP contribution in [0.25, 0.3) is 11.6 Å². The van der Waals surface area contributed by atoms with Crippen molar-refractivity contribution in [3.05, 3.63) is 53.6 Å². The molecule has 1 aliphatic heterocycles. The number of hydrogen-bond acceptors (Lipinski definition) is 4. The molecule has 0 fully saturated rings. The Kier molecular flexibility index (Phi) is 4.42. The summed E-state index contributed by atoms with van der Waals surface area (Å²) in [6.07, 6.45) is 1.66. The summed E-state index contributed by atoms with van der Waals surface area (Å²) in [5.41, 5.74) is 2.68. The second-order valence-corrected chi connectivity index (χ2v) is 5.71. The molecule has 2 aromatic carbocycles. The zero-order valence-corrected chi connectivity index (χ0v) is 13.7. The van der Waals surface area contributed by atoms with Crippen molar-refractivity contribution in [1.82, 2.24) is 0 Å². The van der Waals surface area contributed by atoms with Gasteiger partial charge in [-0.05, 0) is 41.5 Å². The zero-order chi connectivity index (χ0) is 17.1. The van der Waals surface area contributed by atoms with Gasteiger partial charge in [-0.1, -0.05) is 18.2 Å². The number of carboxylic acids is 1. The molecule has 5 heteroatoms. The lowest BCUT2D eigenvalue weighted by Gasteiger charge is -2.19. The first-order valence-electron chi connectivity index (χ1n) is 7.67. The van der Waals surface area contributed by atoms with E-state index in [9.17, 15) is 9.90 Å². The van der Waals surface area contributed by atoms with Gasteiger partial charge in [0.25, 0.3) is 0 Å². The largest absolute Gasteiger partial charge is 0.486 e. The maximum Gasteiger partial charge on any atom is 0.336 e. The van der Waals surface area contributed by atoms with Crippen molar-refractivity contribution in [2.45, 2.75) is 0 Å². The Labute approximate surface area is 140 Å². The molecule has 2 aromatic rings. The average Bonchev–Trinajstić information content (AvgIpc) is 2.59. The van der Waals surface area contributed by atoms with Crippen LogP contribution in [-0.4, -0.2) is 38.4 Å². The number of benzene rings is 2. The van der Waals surface area contributed by atoms with Crippen LogP contribution in [0.4, 0.5) is 5.69 Å². The van der Waals surface area contributed by atoms with Gasteiger partial charge in [0.05, 0.1) is 5.57 Å². The number of rotatable bonds is 4. The van der Waals surface area contributed by atoms with Crippen LogP contribution >= 0.6 is 0 Å². The van der Waals surface area contributed by atoms with E-state index in [0.29, 0.717) is 30.3 Å². The quantitative estimate of drug-likeness (QED) is 0.691. The van der Waals surface area contributed by atoms with E-state index in [4.69, 9.17) is 9.47 Å².